The van der Waals surface area contributed by atoms with Gasteiger partial charge in [0.25, 0.3) is 0 Å². The maximum Gasteiger partial charge on any atom is 0.111 e. The number of hydrogen-bond donors (Lipinski definition) is 1. The Balaban J connectivity index is 1.87. The van der Waals surface area contributed by atoms with Gasteiger partial charge in [-0.25, -0.2) is 4.98 Å². The van der Waals surface area contributed by atoms with Crippen molar-refractivity contribution in [1.29, 1.82) is 0 Å². The third kappa shape index (κ3) is 1.93. The van der Waals surface area contributed by atoms with Crippen molar-refractivity contribution in [2.24, 2.45) is 13.0 Å². The molecule has 1 aliphatic carbocycles. The third-order valence-electron chi connectivity index (χ3n) is 4.37. The second kappa shape index (κ2) is 4.73. The van der Waals surface area contributed by atoms with Gasteiger partial charge in [0.2, 0.25) is 0 Å². The maximum atomic E-state index is 4.76. The lowest BCUT2D eigenvalue weighted by molar-refractivity contribution is 0.233. The number of rotatable bonds is 4. The van der Waals surface area contributed by atoms with Crippen LogP contribution < -0.4 is 5.32 Å². The van der Waals surface area contributed by atoms with E-state index >= 15 is 0 Å². The molecule has 0 radical (unpaired) electrons. The minimum atomic E-state index is 0.578. The van der Waals surface area contributed by atoms with E-state index in [1.165, 1.54) is 30.6 Å². The molecule has 1 aromatic heterocycles. The monoisotopic (exact) mass is 243 g/mol. The van der Waals surface area contributed by atoms with E-state index in [4.69, 9.17) is 4.98 Å². The van der Waals surface area contributed by atoms with Crippen LogP contribution in [-0.4, -0.2) is 22.6 Å². The Labute approximate surface area is 108 Å². The van der Waals surface area contributed by atoms with Crippen LogP contribution in [0.1, 0.15) is 25.1 Å². The summed E-state index contributed by atoms with van der Waals surface area (Å²) in [6, 6.07) is 8.95. The van der Waals surface area contributed by atoms with Crippen LogP contribution in [0.2, 0.25) is 0 Å². The Kier molecular flexibility index (Phi) is 3.08. The SMILES string of the molecule is CNC(Cc1nc2ccccc2n1C)C1CCC1. The van der Waals surface area contributed by atoms with E-state index < -0.39 is 0 Å². The van der Waals surface area contributed by atoms with Crippen molar-refractivity contribution in [1.82, 2.24) is 14.9 Å². The van der Waals surface area contributed by atoms with E-state index in [0.29, 0.717) is 6.04 Å². The van der Waals surface area contributed by atoms with Crippen molar-refractivity contribution in [3.8, 4) is 0 Å². The molecular weight excluding hydrogens is 222 g/mol. The first-order valence-electron chi connectivity index (χ1n) is 6.87. The molecule has 0 aliphatic heterocycles. The first kappa shape index (κ1) is 11.7. The molecule has 1 fully saturated rings. The van der Waals surface area contributed by atoms with Gasteiger partial charge in [0, 0.05) is 19.5 Å². The fourth-order valence-electron chi connectivity index (χ4n) is 2.92. The number of para-hydroxylation sites is 2. The largest absolute Gasteiger partial charge is 0.331 e. The molecule has 2 aromatic rings. The topological polar surface area (TPSA) is 29.9 Å². The van der Waals surface area contributed by atoms with E-state index in [1.54, 1.807) is 0 Å². The highest BCUT2D eigenvalue weighted by atomic mass is 15.1. The van der Waals surface area contributed by atoms with Crippen LogP contribution in [0.15, 0.2) is 24.3 Å². The van der Waals surface area contributed by atoms with Gasteiger partial charge >= 0.3 is 0 Å². The summed E-state index contributed by atoms with van der Waals surface area (Å²) >= 11 is 0. The Morgan fingerprint density at radius 3 is 2.78 bits per heavy atom. The summed E-state index contributed by atoms with van der Waals surface area (Å²) < 4.78 is 2.23. The van der Waals surface area contributed by atoms with Crippen LogP contribution in [0.3, 0.4) is 0 Å². The number of aromatic nitrogens is 2. The van der Waals surface area contributed by atoms with Crippen molar-refractivity contribution in [2.45, 2.75) is 31.7 Å². The molecule has 0 bridgehead atoms. The summed E-state index contributed by atoms with van der Waals surface area (Å²) in [5.41, 5.74) is 2.34. The fraction of sp³-hybridized carbons (Fsp3) is 0.533. The predicted octanol–water partition coefficient (Wildman–Crippen LogP) is 2.50. The average Bonchev–Trinajstić information content (AvgIpc) is 2.64. The van der Waals surface area contributed by atoms with E-state index in [2.05, 4.69) is 48.2 Å². The van der Waals surface area contributed by atoms with E-state index in [9.17, 15) is 0 Å². The van der Waals surface area contributed by atoms with Crippen molar-refractivity contribution in [3.63, 3.8) is 0 Å². The van der Waals surface area contributed by atoms with E-state index in [0.717, 1.165) is 17.9 Å². The zero-order chi connectivity index (χ0) is 12.5. The molecule has 1 saturated carbocycles. The van der Waals surface area contributed by atoms with Crippen LogP contribution >= 0.6 is 0 Å². The van der Waals surface area contributed by atoms with Crippen LogP contribution in [0, 0.1) is 5.92 Å². The summed E-state index contributed by atoms with van der Waals surface area (Å²) in [6.07, 6.45) is 5.17. The highest BCUT2D eigenvalue weighted by molar-refractivity contribution is 5.75. The summed E-state index contributed by atoms with van der Waals surface area (Å²) in [6.45, 7) is 0. The standard InChI is InChI=1S/C15H21N3/c1-16-13(11-6-5-7-11)10-15-17-12-8-3-4-9-14(12)18(15)2/h3-4,8-9,11,13,16H,5-7,10H2,1-2H3. The first-order chi connectivity index (χ1) is 8.79. The number of fused-ring (bicyclic) bond motifs is 1. The molecule has 0 saturated heterocycles. The molecule has 3 rings (SSSR count). The van der Waals surface area contributed by atoms with Gasteiger partial charge in [-0.1, -0.05) is 18.6 Å². The molecule has 0 spiro atoms. The zero-order valence-corrected chi connectivity index (χ0v) is 11.2. The lowest BCUT2D eigenvalue weighted by Crippen LogP contribution is -2.39. The molecule has 1 N–H and O–H groups in total. The van der Waals surface area contributed by atoms with Gasteiger partial charge in [-0.2, -0.15) is 0 Å². The Bertz CT molecular complexity index is 540. The number of likely N-dealkylation sites (N-methyl/N-ethyl adjacent to an activating group) is 1. The van der Waals surface area contributed by atoms with Crippen LogP contribution in [0.25, 0.3) is 11.0 Å². The van der Waals surface area contributed by atoms with Crippen LogP contribution in [-0.2, 0) is 13.5 Å². The summed E-state index contributed by atoms with van der Waals surface area (Å²) in [7, 11) is 4.20. The van der Waals surface area contributed by atoms with Gasteiger partial charge in [-0.15, -0.1) is 0 Å². The summed E-state index contributed by atoms with van der Waals surface area (Å²) in [4.78, 5) is 4.76. The van der Waals surface area contributed by atoms with Gasteiger partial charge in [0.1, 0.15) is 5.82 Å². The lowest BCUT2D eigenvalue weighted by atomic mass is 9.78. The molecule has 1 aliphatic rings. The fourth-order valence-corrected chi connectivity index (χ4v) is 2.92. The van der Waals surface area contributed by atoms with Gasteiger partial charge in [0.05, 0.1) is 11.0 Å². The highest BCUT2D eigenvalue weighted by Gasteiger charge is 2.27. The molecule has 1 atom stereocenters. The molecule has 3 heteroatoms. The Morgan fingerprint density at radius 2 is 2.17 bits per heavy atom. The van der Waals surface area contributed by atoms with Gasteiger partial charge in [-0.05, 0) is 37.9 Å². The molecule has 18 heavy (non-hydrogen) atoms. The average molecular weight is 243 g/mol. The number of nitrogens with one attached hydrogen (secondary N) is 1. The normalized spacial score (nSPS) is 17.9. The Hall–Kier alpha value is -1.35. The summed E-state index contributed by atoms with van der Waals surface area (Å²) in [5.74, 6) is 2.04. The minimum Gasteiger partial charge on any atom is -0.331 e. The molecular formula is C15H21N3. The zero-order valence-electron chi connectivity index (χ0n) is 11.2. The van der Waals surface area contributed by atoms with E-state index in [-0.39, 0.29) is 0 Å². The molecule has 0 amide bonds. The van der Waals surface area contributed by atoms with Crippen LogP contribution in [0.4, 0.5) is 0 Å². The highest BCUT2D eigenvalue weighted by Crippen LogP contribution is 2.31. The minimum absolute atomic E-state index is 0.578. The second-order valence-electron chi connectivity index (χ2n) is 5.37. The van der Waals surface area contributed by atoms with Crippen molar-refractivity contribution in [2.75, 3.05) is 7.05 Å². The van der Waals surface area contributed by atoms with Crippen molar-refractivity contribution >= 4 is 11.0 Å². The predicted molar refractivity (Wildman–Crippen MR) is 74.6 cm³/mol. The van der Waals surface area contributed by atoms with Crippen LogP contribution in [0.5, 0.6) is 0 Å². The second-order valence-corrected chi connectivity index (χ2v) is 5.37. The van der Waals surface area contributed by atoms with Gasteiger partial charge in [-0.3, -0.25) is 0 Å². The number of hydrogen-bond acceptors (Lipinski definition) is 2. The Morgan fingerprint density at radius 1 is 1.39 bits per heavy atom. The maximum absolute atomic E-state index is 4.76. The quantitative estimate of drug-likeness (QED) is 0.894. The smallest absolute Gasteiger partial charge is 0.111 e. The molecule has 3 nitrogen and oxygen atoms in total. The van der Waals surface area contributed by atoms with E-state index in [1.807, 2.05) is 0 Å². The van der Waals surface area contributed by atoms with Gasteiger partial charge in [0.15, 0.2) is 0 Å². The van der Waals surface area contributed by atoms with Crippen molar-refractivity contribution < 1.29 is 0 Å². The molecule has 96 valence electrons. The number of imidazole rings is 1. The third-order valence-corrected chi connectivity index (χ3v) is 4.37. The molecule has 1 unspecified atom stereocenters. The lowest BCUT2D eigenvalue weighted by Gasteiger charge is -2.33. The molecule has 1 heterocycles. The first-order valence-corrected chi connectivity index (χ1v) is 6.87. The number of nitrogens with zero attached hydrogens (tertiary/aromatic N) is 2. The number of aryl methyl sites for hydroxylation is 1. The van der Waals surface area contributed by atoms with Gasteiger partial charge < -0.3 is 9.88 Å². The van der Waals surface area contributed by atoms with Crippen molar-refractivity contribution in [3.05, 3.63) is 30.1 Å². The summed E-state index contributed by atoms with van der Waals surface area (Å²) in [5, 5.41) is 3.47. The molecule has 1 aromatic carbocycles. The number of benzene rings is 1.